The molecule has 0 aromatic rings. The van der Waals surface area contributed by atoms with E-state index in [4.69, 9.17) is 0 Å². The van der Waals surface area contributed by atoms with Crippen molar-refractivity contribution in [3.05, 3.63) is 19.1 Å². The monoisotopic (exact) mass is 169 g/mol. The van der Waals surface area contributed by atoms with Gasteiger partial charge in [-0.05, 0) is 28.9 Å². The maximum atomic E-state index is 11.5. The molecule has 0 amide bonds. The summed E-state index contributed by atoms with van der Waals surface area (Å²) in [6.45, 7) is 3.08. The molecular formula is C4H4BrF2. The number of rotatable bonds is 1. The number of halogens is 3. The van der Waals surface area contributed by atoms with Crippen molar-refractivity contribution in [3.63, 3.8) is 0 Å². The Morgan fingerprint density at radius 1 is 1.57 bits per heavy atom. The summed E-state index contributed by atoms with van der Waals surface area (Å²) in [7, 11) is 0. The van der Waals surface area contributed by atoms with E-state index in [0.29, 0.717) is 6.08 Å². The van der Waals surface area contributed by atoms with Crippen LogP contribution in [0.4, 0.5) is 8.78 Å². The van der Waals surface area contributed by atoms with E-state index in [-0.39, 0.29) is 0 Å². The van der Waals surface area contributed by atoms with Crippen LogP contribution in [0, 0.1) is 6.92 Å². The van der Waals surface area contributed by atoms with E-state index in [1.807, 2.05) is 0 Å². The van der Waals surface area contributed by atoms with Crippen LogP contribution in [0.3, 0.4) is 0 Å². The molecule has 3 heteroatoms. The molecule has 0 heterocycles. The number of alkyl halides is 3. The van der Waals surface area contributed by atoms with Crippen LogP contribution in [-0.2, 0) is 0 Å². The molecule has 0 aromatic carbocycles. The van der Waals surface area contributed by atoms with Crippen LogP contribution >= 0.6 is 15.9 Å². The van der Waals surface area contributed by atoms with Crippen molar-refractivity contribution in [2.24, 2.45) is 0 Å². The Morgan fingerprint density at radius 3 is 2.00 bits per heavy atom. The van der Waals surface area contributed by atoms with Gasteiger partial charge in [-0.15, -0.1) is 0 Å². The van der Waals surface area contributed by atoms with Crippen molar-refractivity contribution >= 4 is 15.9 Å². The van der Waals surface area contributed by atoms with Gasteiger partial charge >= 0.3 is 4.83 Å². The molecule has 0 aliphatic carbocycles. The lowest BCUT2D eigenvalue weighted by Gasteiger charge is -1.96. The lowest BCUT2D eigenvalue weighted by Crippen LogP contribution is -1.96. The highest BCUT2D eigenvalue weighted by molar-refractivity contribution is 9.10. The lowest BCUT2D eigenvalue weighted by atomic mass is 10.5. The molecule has 1 radical (unpaired) electrons. The van der Waals surface area contributed by atoms with E-state index in [9.17, 15) is 8.78 Å². The van der Waals surface area contributed by atoms with Crippen LogP contribution in [0.5, 0.6) is 0 Å². The minimum absolute atomic E-state index is 0.660. The molecule has 0 atom stereocenters. The molecule has 0 rings (SSSR count). The molecule has 0 fully saturated rings. The van der Waals surface area contributed by atoms with Crippen molar-refractivity contribution in [2.45, 2.75) is 4.83 Å². The van der Waals surface area contributed by atoms with Gasteiger partial charge in [-0.2, -0.15) is 8.78 Å². The third-order valence-corrected chi connectivity index (χ3v) is 0.571. The molecule has 0 aromatic heterocycles. The minimum Gasteiger partial charge on any atom is -0.189 e. The third-order valence-electron chi connectivity index (χ3n) is 0.307. The third kappa shape index (κ3) is 6.08. The predicted octanol–water partition coefficient (Wildman–Crippen LogP) is 2.36. The topological polar surface area (TPSA) is 0 Å². The maximum Gasteiger partial charge on any atom is 0.319 e. The van der Waals surface area contributed by atoms with Crippen LogP contribution in [0.2, 0.25) is 0 Å². The summed E-state index contributed by atoms with van der Waals surface area (Å²) in [6, 6.07) is 0. The first-order valence-electron chi connectivity index (χ1n) is 1.60. The minimum atomic E-state index is -2.88. The molecule has 0 aliphatic heterocycles. The average molecular weight is 170 g/mol. The van der Waals surface area contributed by atoms with Crippen molar-refractivity contribution in [3.8, 4) is 0 Å². The Hall–Kier alpha value is 0.0800. The molecule has 0 spiro atoms. The number of allylic oxidation sites excluding steroid dienone is 2. The fourth-order valence-corrected chi connectivity index (χ4v) is 0.321. The molecule has 0 unspecified atom stereocenters. The van der Waals surface area contributed by atoms with Crippen LogP contribution in [0.1, 0.15) is 0 Å². The van der Waals surface area contributed by atoms with Crippen LogP contribution in [0.25, 0.3) is 0 Å². The molecular weight excluding hydrogens is 166 g/mol. The molecule has 0 saturated heterocycles. The summed E-state index contributed by atoms with van der Waals surface area (Å²) >= 11 is 2.08. The summed E-state index contributed by atoms with van der Waals surface area (Å²) in [5.74, 6) is 0. The first-order valence-corrected chi connectivity index (χ1v) is 2.39. The normalized spacial score (nSPS) is 13.1. The summed E-state index contributed by atoms with van der Waals surface area (Å²) < 4.78 is 23.0. The number of hydrogen-bond donors (Lipinski definition) is 0. The van der Waals surface area contributed by atoms with Gasteiger partial charge in [0.1, 0.15) is 0 Å². The van der Waals surface area contributed by atoms with Gasteiger partial charge in [0.25, 0.3) is 0 Å². The average Bonchev–Trinajstić information content (AvgIpc) is 1.30. The van der Waals surface area contributed by atoms with Gasteiger partial charge in [-0.1, -0.05) is 6.08 Å². The Bertz CT molecular complexity index is 72.2. The van der Waals surface area contributed by atoms with Crippen molar-refractivity contribution in [1.82, 2.24) is 0 Å². The van der Waals surface area contributed by atoms with Crippen LogP contribution in [-0.4, -0.2) is 4.83 Å². The highest BCUT2D eigenvalue weighted by Crippen LogP contribution is 2.22. The fourth-order valence-electron chi connectivity index (χ4n) is 0.134. The van der Waals surface area contributed by atoms with E-state index < -0.39 is 4.83 Å². The van der Waals surface area contributed by atoms with E-state index in [1.165, 1.54) is 0 Å². The van der Waals surface area contributed by atoms with Crippen molar-refractivity contribution < 1.29 is 8.78 Å². The number of hydrogen-bond acceptors (Lipinski definition) is 0. The second kappa shape index (κ2) is 2.40. The Labute approximate surface area is 49.3 Å². The highest BCUT2D eigenvalue weighted by Gasteiger charge is 2.16. The quantitative estimate of drug-likeness (QED) is 0.530. The van der Waals surface area contributed by atoms with E-state index in [0.717, 1.165) is 6.08 Å². The van der Waals surface area contributed by atoms with E-state index >= 15 is 0 Å². The van der Waals surface area contributed by atoms with Crippen LogP contribution in [0.15, 0.2) is 12.2 Å². The molecule has 7 heavy (non-hydrogen) atoms. The van der Waals surface area contributed by atoms with Gasteiger partial charge in [-0.3, -0.25) is 0 Å². The van der Waals surface area contributed by atoms with Crippen molar-refractivity contribution in [1.29, 1.82) is 0 Å². The molecule has 0 bridgehead atoms. The van der Waals surface area contributed by atoms with Gasteiger partial charge in [0.15, 0.2) is 0 Å². The SMILES string of the molecule is [CH2]C=CC(F)(F)Br. The Balaban J connectivity index is 3.56. The zero-order valence-corrected chi connectivity index (χ0v) is 5.08. The Morgan fingerprint density at radius 2 is 2.00 bits per heavy atom. The zero-order valence-electron chi connectivity index (χ0n) is 3.50. The van der Waals surface area contributed by atoms with E-state index in [2.05, 4.69) is 22.9 Å². The Kier molecular flexibility index (Phi) is 2.43. The molecule has 0 nitrogen and oxygen atoms in total. The predicted molar refractivity (Wildman–Crippen MR) is 28.4 cm³/mol. The first-order chi connectivity index (χ1) is 3.06. The summed E-state index contributed by atoms with van der Waals surface area (Å²) in [5.41, 5.74) is 0. The second-order valence-electron chi connectivity index (χ2n) is 0.944. The highest BCUT2D eigenvalue weighted by atomic mass is 79.9. The van der Waals surface area contributed by atoms with Gasteiger partial charge in [0, 0.05) is 0 Å². The fraction of sp³-hybridized carbons (Fsp3) is 0.250. The van der Waals surface area contributed by atoms with Gasteiger partial charge in [0.05, 0.1) is 0 Å². The molecule has 0 N–H and O–H groups in total. The second-order valence-corrected chi connectivity index (χ2v) is 2.00. The van der Waals surface area contributed by atoms with E-state index in [1.54, 1.807) is 0 Å². The van der Waals surface area contributed by atoms with Crippen molar-refractivity contribution in [2.75, 3.05) is 0 Å². The van der Waals surface area contributed by atoms with Gasteiger partial charge in [0.2, 0.25) is 0 Å². The first kappa shape index (κ1) is 7.08. The smallest absolute Gasteiger partial charge is 0.189 e. The van der Waals surface area contributed by atoms with Crippen LogP contribution < -0.4 is 0 Å². The molecule has 41 valence electrons. The molecule has 0 saturated carbocycles. The standard InChI is InChI=1S/C4H4BrF2/c1-2-3-4(5,6)7/h2-3H,1H2. The summed E-state index contributed by atoms with van der Waals surface area (Å²) in [4.78, 5) is -2.88. The lowest BCUT2D eigenvalue weighted by molar-refractivity contribution is 0.171. The van der Waals surface area contributed by atoms with Gasteiger partial charge in [-0.25, -0.2) is 0 Å². The van der Waals surface area contributed by atoms with Gasteiger partial charge < -0.3 is 0 Å². The largest absolute Gasteiger partial charge is 0.319 e. The summed E-state index contributed by atoms with van der Waals surface area (Å²) in [6.07, 6.45) is 1.70. The summed E-state index contributed by atoms with van der Waals surface area (Å²) in [5, 5.41) is 0. The maximum absolute atomic E-state index is 11.5. The molecule has 0 aliphatic rings. The zero-order chi connectivity index (χ0) is 5.91.